The summed E-state index contributed by atoms with van der Waals surface area (Å²) in [5.74, 6) is 0.257. The fraction of sp³-hybridized carbons (Fsp3) is 0.429. The van der Waals surface area contributed by atoms with Crippen LogP contribution in [0.1, 0.15) is 11.1 Å². The smallest absolute Gasteiger partial charge is 0.379 e. The van der Waals surface area contributed by atoms with Crippen molar-refractivity contribution in [3.8, 4) is 0 Å². The van der Waals surface area contributed by atoms with E-state index in [1.54, 1.807) is 7.11 Å². The van der Waals surface area contributed by atoms with Crippen LogP contribution >= 0.6 is 0 Å². The standard InChI is InChI=1S/C14H16F3NO/c1-19-13-9-18-8-11(13)5-2-10-3-6-12(7-4-10)14(15,16)17/h2-7,11,13,18H,8-9H2,1H3/b5-2+. The van der Waals surface area contributed by atoms with Crippen molar-refractivity contribution in [2.24, 2.45) is 5.92 Å². The SMILES string of the molecule is COC1CNCC1/C=C/c1ccc(C(F)(F)F)cc1. The molecule has 2 atom stereocenters. The fourth-order valence-corrected chi connectivity index (χ4v) is 2.14. The Bertz CT molecular complexity index is 439. The zero-order valence-electron chi connectivity index (χ0n) is 10.6. The van der Waals surface area contributed by atoms with Gasteiger partial charge in [0.05, 0.1) is 11.7 Å². The Morgan fingerprint density at radius 1 is 1.21 bits per heavy atom. The third-order valence-corrected chi connectivity index (χ3v) is 3.28. The van der Waals surface area contributed by atoms with Crippen LogP contribution in [-0.2, 0) is 10.9 Å². The van der Waals surface area contributed by atoms with Crippen LogP contribution in [-0.4, -0.2) is 26.3 Å². The summed E-state index contributed by atoms with van der Waals surface area (Å²) in [6, 6.07) is 5.15. The highest BCUT2D eigenvalue weighted by molar-refractivity contribution is 5.50. The maximum absolute atomic E-state index is 12.4. The Kier molecular flexibility index (Phi) is 4.27. The molecule has 104 valence electrons. The summed E-state index contributed by atoms with van der Waals surface area (Å²) in [4.78, 5) is 0. The number of alkyl halides is 3. The quantitative estimate of drug-likeness (QED) is 0.912. The Hall–Kier alpha value is -1.33. The molecule has 19 heavy (non-hydrogen) atoms. The maximum atomic E-state index is 12.4. The van der Waals surface area contributed by atoms with Crippen LogP contribution in [0.3, 0.4) is 0 Å². The summed E-state index contributed by atoms with van der Waals surface area (Å²) in [6.07, 6.45) is -0.329. The van der Waals surface area contributed by atoms with E-state index in [0.29, 0.717) is 0 Å². The average Bonchev–Trinajstić information content (AvgIpc) is 2.83. The van der Waals surface area contributed by atoms with Gasteiger partial charge in [-0.3, -0.25) is 0 Å². The van der Waals surface area contributed by atoms with Crippen molar-refractivity contribution in [2.75, 3.05) is 20.2 Å². The molecule has 1 aromatic rings. The second kappa shape index (κ2) is 5.75. The van der Waals surface area contributed by atoms with Crippen molar-refractivity contribution in [1.29, 1.82) is 0 Å². The molecule has 0 saturated carbocycles. The minimum absolute atomic E-state index is 0.130. The maximum Gasteiger partial charge on any atom is 0.416 e. The molecule has 2 unspecified atom stereocenters. The van der Waals surface area contributed by atoms with E-state index in [4.69, 9.17) is 4.74 Å². The predicted molar refractivity (Wildman–Crippen MR) is 67.6 cm³/mol. The van der Waals surface area contributed by atoms with Crippen LogP contribution in [0.4, 0.5) is 13.2 Å². The molecule has 0 radical (unpaired) electrons. The molecule has 0 spiro atoms. The Labute approximate surface area is 110 Å². The van der Waals surface area contributed by atoms with Gasteiger partial charge in [-0.2, -0.15) is 13.2 Å². The summed E-state index contributed by atoms with van der Waals surface area (Å²) in [6.45, 7) is 1.63. The van der Waals surface area contributed by atoms with Crippen molar-refractivity contribution in [1.82, 2.24) is 5.32 Å². The van der Waals surface area contributed by atoms with E-state index in [2.05, 4.69) is 5.32 Å². The molecule has 0 amide bonds. The molecule has 1 fully saturated rings. The number of rotatable bonds is 3. The van der Waals surface area contributed by atoms with E-state index in [9.17, 15) is 13.2 Å². The average molecular weight is 271 g/mol. The van der Waals surface area contributed by atoms with Gasteiger partial charge in [0, 0.05) is 26.1 Å². The second-order valence-corrected chi connectivity index (χ2v) is 4.58. The van der Waals surface area contributed by atoms with Gasteiger partial charge in [-0.25, -0.2) is 0 Å². The van der Waals surface area contributed by atoms with Gasteiger partial charge in [-0.1, -0.05) is 24.3 Å². The zero-order valence-corrected chi connectivity index (χ0v) is 10.6. The van der Waals surface area contributed by atoms with Crippen molar-refractivity contribution in [3.05, 3.63) is 41.5 Å². The van der Waals surface area contributed by atoms with Crippen LogP contribution in [0, 0.1) is 5.92 Å². The highest BCUT2D eigenvalue weighted by atomic mass is 19.4. The molecule has 2 rings (SSSR count). The highest BCUT2D eigenvalue weighted by Gasteiger charge is 2.29. The van der Waals surface area contributed by atoms with Crippen molar-refractivity contribution >= 4 is 6.08 Å². The van der Waals surface area contributed by atoms with Crippen LogP contribution in [0.25, 0.3) is 6.08 Å². The van der Waals surface area contributed by atoms with E-state index < -0.39 is 11.7 Å². The van der Waals surface area contributed by atoms with Gasteiger partial charge in [0.2, 0.25) is 0 Å². The summed E-state index contributed by atoms with van der Waals surface area (Å²) >= 11 is 0. The minimum Gasteiger partial charge on any atom is -0.379 e. The minimum atomic E-state index is -4.28. The van der Waals surface area contributed by atoms with E-state index in [0.717, 1.165) is 30.8 Å². The molecule has 2 nitrogen and oxygen atoms in total. The van der Waals surface area contributed by atoms with E-state index in [1.807, 2.05) is 12.2 Å². The number of benzene rings is 1. The van der Waals surface area contributed by atoms with Crippen LogP contribution < -0.4 is 5.32 Å². The lowest BCUT2D eigenvalue weighted by Crippen LogP contribution is -2.19. The molecule has 1 heterocycles. The van der Waals surface area contributed by atoms with Gasteiger partial charge in [-0.15, -0.1) is 0 Å². The largest absolute Gasteiger partial charge is 0.416 e. The predicted octanol–water partition coefficient (Wildman–Crippen LogP) is 2.95. The summed E-state index contributed by atoms with van der Waals surface area (Å²) in [5.41, 5.74) is 0.136. The molecule has 0 aromatic heterocycles. The molecule has 1 aromatic carbocycles. The Balaban J connectivity index is 2.03. The molecular formula is C14H16F3NO. The lowest BCUT2D eigenvalue weighted by atomic mass is 10.0. The first-order valence-electron chi connectivity index (χ1n) is 6.09. The van der Waals surface area contributed by atoms with Gasteiger partial charge in [0.25, 0.3) is 0 Å². The van der Waals surface area contributed by atoms with Crippen molar-refractivity contribution in [2.45, 2.75) is 12.3 Å². The summed E-state index contributed by atoms with van der Waals surface area (Å²) < 4.78 is 42.5. The van der Waals surface area contributed by atoms with Gasteiger partial charge in [-0.05, 0) is 17.7 Å². The molecule has 1 saturated heterocycles. The lowest BCUT2D eigenvalue weighted by molar-refractivity contribution is -0.137. The normalized spacial score (nSPS) is 24.2. The van der Waals surface area contributed by atoms with Crippen LogP contribution in [0.5, 0.6) is 0 Å². The topological polar surface area (TPSA) is 21.3 Å². The monoisotopic (exact) mass is 271 g/mol. The number of hydrogen-bond donors (Lipinski definition) is 1. The molecule has 1 aliphatic rings. The van der Waals surface area contributed by atoms with Gasteiger partial charge >= 0.3 is 6.18 Å². The molecule has 0 bridgehead atoms. The van der Waals surface area contributed by atoms with Gasteiger partial charge in [0.15, 0.2) is 0 Å². The number of halogens is 3. The highest BCUT2D eigenvalue weighted by Crippen LogP contribution is 2.29. The number of hydrogen-bond acceptors (Lipinski definition) is 2. The fourth-order valence-electron chi connectivity index (χ4n) is 2.14. The van der Waals surface area contributed by atoms with Crippen LogP contribution in [0.15, 0.2) is 30.3 Å². The molecule has 1 aliphatic heterocycles. The zero-order chi connectivity index (χ0) is 13.9. The van der Waals surface area contributed by atoms with E-state index >= 15 is 0 Å². The van der Waals surface area contributed by atoms with E-state index in [-0.39, 0.29) is 12.0 Å². The first kappa shape index (κ1) is 14.1. The summed E-state index contributed by atoms with van der Waals surface area (Å²) in [5, 5.41) is 3.21. The number of ether oxygens (including phenoxy) is 1. The number of methoxy groups -OCH3 is 1. The third-order valence-electron chi connectivity index (χ3n) is 3.28. The molecular weight excluding hydrogens is 255 g/mol. The first-order valence-corrected chi connectivity index (χ1v) is 6.09. The Morgan fingerprint density at radius 3 is 2.47 bits per heavy atom. The van der Waals surface area contributed by atoms with E-state index in [1.165, 1.54) is 12.1 Å². The first-order chi connectivity index (χ1) is 9.00. The van der Waals surface area contributed by atoms with Crippen molar-refractivity contribution in [3.63, 3.8) is 0 Å². The lowest BCUT2D eigenvalue weighted by Gasteiger charge is -2.12. The van der Waals surface area contributed by atoms with Crippen LogP contribution in [0.2, 0.25) is 0 Å². The third kappa shape index (κ3) is 3.58. The van der Waals surface area contributed by atoms with Crippen molar-refractivity contribution < 1.29 is 17.9 Å². The van der Waals surface area contributed by atoms with Gasteiger partial charge < -0.3 is 10.1 Å². The summed E-state index contributed by atoms with van der Waals surface area (Å²) in [7, 11) is 1.66. The Morgan fingerprint density at radius 2 is 1.89 bits per heavy atom. The molecule has 1 N–H and O–H groups in total. The molecule has 0 aliphatic carbocycles. The van der Waals surface area contributed by atoms with Gasteiger partial charge in [0.1, 0.15) is 0 Å². The second-order valence-electron chi connectivity index (χ2n) is 4.58. The molecule has 5 heteroatoms. The number of nitrogens with one attached hydrogen (secondary N) is 1.